The number of thiazole rings is 1. The minimum atomic E-state index is -0.547. The number of rotatable bonds is 3. The first kappa shape index (κ1) is 16.4. The summed E-state index contributed by atoms with van der Waals surface area (Å²) in [5.41, 5.74) is 0.747. The number of ether oxygens (including phenoxy) is 2. The summed E-state index contributed by atoms with van der Waals surface area (Å²) >= 11 is 3.01. The Morgan fingerprint density at radius 1 is 1.28 bits per heavy atom. The van der Waals surface area contributed by atoms with E-state index in [1.807, 2.05) is 6.07 Å². The Hall–Kier alpha value is -2.11. The number of nitro groups is 1. The molecule has 1 atom stereocenters. The van der Waals surface area contributed by atoms with Crippen molar-refractivity contribution >= 4 is 50.2 Å². The van der Waals surface area contributed by atoms with E-state index < -0.39 is 10.8 Å². The van der Waals surface area contributed by atoms with Gasteiger partial charge in [-0.05, 0) is 40.8 Å². The van der Waals surface area contributed by atoms with Crippen molar-refractivity contribution in [2.75, 3.05) is 13.2 Å². The van der Waals surface area contributed by atoms with Crippen LogP contribution in [0.25, 0.3) is 0 Å². The lowest BCUT2D eigenvalue weighted by Gasteiger charge is -2.20. The van der Waals surface area contributed by atoms with E-state index in [4.69, 9.17) is 9.47 Å². The summed E-state index contributed by atoms with van der Waals surface area (Å²) in [7, 11) is 0. The highest BCUT2D eigenvalue weighted by atomic mass is 32.2. The van der Waals surface area contributed by atoms with Crippen molar-refractivity contribution < 1.29 is 19.2 Å². The first-order valence-corrected chi connectivity index (χ1v) is 9.49. The number of hydrogen-bond donors (Lipinski definition) is 0. The highest BCUT2D eigenvalue weighted by Gasteiger charge is 2.35. The van der Waals surface area contributed by atoms with Crippen molar-refractivity contribution in [2.45, 2.75) is 10.3 Å². The van der Waals surface area contributed by atoms with E-state index in [0.717, 1.165) is 28.8 Å². The third-order valence-electron chi connectivity index (χ3n) is 3.45. The fourth-order valence-corrected chi connectivity index (χ4v) is 5.13. The fraction of sp³-hybridized carbons (Fsp3) is 0.214. The van der Waals surface area contributed by atoms with Gasteiger partial charge in [-0.2, -0.15) is 0 Å². The monoisotopic (exact) mass is 395 g/mol. The normalized spacial score (nSPS) is 19.0. The average Bonchev–Trinajstić information content (AvgIpc) is 3.22. The second-order valence-corrected chi connectivity index (χ2v) is 8.04. The molecule has 0 radical (unpaired) electrons. The van der Waals surface area contributed by atoms with E-state index >= 15 is 0 Å². The van der Waals surface area contributed by atoms with Crippen LogP contribution in [0.2, 0.25) is 0 Å². The molecular weight excluding hydrogens is 386 g/mol. The van der Waals surface area contributed by atoms with E-state index in [1.54, 1.807) is 12.1 Å². The minimum Gasteiger partial charge on any atom is -0.486 e. The van der Waals surface area contributed by atoms with Gasteiger partial charge in [0.15, 0.2) is 15.8 Å². The highest BCUT2D eigenvalue weighted by Crippen LogP contribution is 2.43. The number of aromatic nitrogens is 1. The molecule has 1 unspecified atom stereocenters. The van der Waals surface area contributed by atoms with Crippen molar-refractivity contribution in [2.24, 2.45) is 4.40 Å². The zero-order valence-corrected chi connectivity index (χ0v) is 14.9. The van der Waals surface area contributed by atoms with Crippen LogP contribution in [0.5, 0.6) is 11.5 Å². The van der Waals surface area contributed by atoms with Crippen molar-refractivity contribution in [1.29, 1.82) is 0 Å². The molecule has 0 amide bonds. The molecule has 128 valence electrons. The molecule has 4 rings (SSSR count). The minimum absolute atomic E-state index is 0.0454. The van der Waals surface area contributed by atoms with Crippen molar-refractivity contribution in [3.05, 3.63) is 40.1 Å². The van der Waals surface area contributed by atoms with Gasteiger partial charge < -0.3 is 9.47 Å². The van der Waals surface area contributed by atoms with Gasteiger partial charge in [0.1, 0.15) is 30.4 Å². The molecule has 0 aliphatic carbocycles. The molecule has 0 saturated heterocycles. The molecule has 11 heteroatoms. The van der Waals surface area contributed by atoms with Crippen LogP contribution in [-0.4, -0.2) is 33.3 Å². The van der Waals surface area contributed by atoms with Crippen LogP contribution >= 0.6 is 35.0 Å². The Labute approximate surface area is 153 Å². The molecule has 0 N–H and O–H groups in total. The van der Waals surface area contributed by atoms with E-state index in [1.165, 1.54) is 18.0 Å². The first-order valence-electron chi connectivity index (χ1n) is 7.08. The van der Waals surface area contributed by atoms with E-state index in [0.29, 0.717) is 34.1 Å². The number of hydrogen-bond acceptors (Lipinski definition) is 10. The van der Waals surface area contributed by atoms with Crippen LogP contribution in [-0.2, 0) is 4.79 Å². The largest absolute Gasteiger partial charge is 0.486 e. The molecule has 2 aromatic rings. The maximum atomic E-state index is 12.3. The smallest absolute Gasteiger partial charge is 0.344 e. The van der Waals surface area contributed by atoms with E-state index in [9.17, 15) is 14.9 Å². The quantitative estimate of drug-likeness (QED) is 0.443. The molecule has 0 spiro atoms. The van der Waals surface area contributed by atoms with Crippen LogP contribution in [0.3, 0.4) is 0 Å². The Morgan fingerprint density at radius 3 is 2.84 bits per heavy atom. The zero-order valence-electron chi connectivity index (χ0n) is 12.4. The van der Waals surface area contributed by atoms with Gasteiger partial charge in [0.2, 0.25) is 5.12 Å². The number of nitrogens with zero attached hydrogens (tertiary/aromatic N) is 3. The molecule has 0 saturated carbocycles. The maximum Gasteiger partial charge on any atom is 0.344 e. The molecule has 1 aromatic carbocycles. The van der Waals surface area contributed by atoms with Gasteiger partial charge >= 0.3 is 5.00 Å². The Balaban J connectivity index is 1.60. The molecule has 0 bridgehead atoms. The summed E-state index contributed by atoms with van der Waals surface area (Å²) in [4.78, 5) is 26.6. The zero-order chi connectivity index (χ0) is 17.4. The van der Waals surface area contributed by atoms with Crippen molar-refractivity contribution in [3.8, 4) is 11.5 Å². The second kappa shape index (κ2) is 6.65. The average molecular weight is 395 g/mol. The fourth-order valence-electron chi connectivity index (χ4n) is 2.36. The topological polar surface area (TPSA) is 104 Å². The van der Waals surface area contributed by atoms with Crippen LogP contribution < -0.4 is 9.47 Å². The van der Waals surface area contributed by atoms with Crippen LogP contribution in [0.4, 0.5) is 5.00 Å². The maximum absolute atomic E-state index is 12.3. The number of benzene rings is 1. The van der Waals surface area contributed by atoms with Gasteiger partial charge in [0.05, 0.1) is 16.9 Å². The van der Waals surface area contributed by atoms with Gasteiger partial charge in [0, 0.05) is 0 Å². The summed E-state index contributed by atoms with van der Waals surface area (Å²) in [5, 5.41) is 11.2. The van der Waals surface area contributed by atoms with Crippen molar-refractivity contribution in [1.82, 2.24) is 4.98 Å². The van der Waals surface area contributed by atoms with E-state index in [-0.39, 0.29) is 10.1 Å². The molecule has 2 aliphatic rings. The van der Waals surface area contributed by atoms with Crippen LogP contribution in [0.15, 0.2) is 33.1 Å². The van der Waals surface area contributed by atoms with Gasteiger partial charge in [-0.3, -0.25) is 14.9 Å². The SMILES string of the molecule is O=C1SN=C(Sc2ncc([N+](=O)[O-])s2)C1c1ccc2c(c1)OCCO2. The Bertz CT molecular complexity index is 898. The third-order valence-corrected chi connectivity index (χ3v) is 6.33. The molecule has 8 nitrogen and oxygen atoms in total. The lowest BCUT2D eigenvalue weighted by molar-refractivity contribution is -0.380. The summed E-state index contributed by atoms with van der Waals surface area (Å²) in [6.45, 7) is 0.957. The lowest BCUT2D eigenvalue weighted by Crippen LogP contribution is -2.17. The molecular formula is C14H9N3O5S3. The van der Waals surface area contributed by atoms with E-state index in [2.05, 4.69) is 9.38 Å². The molecule has 2 aliphatic heterocycles. The summed E-state index contributed by atoms with van der Waals surface area (Å²) in [6.07, 6.45) is 1.20. The third kappa shape index (κ3) is 3.22. The summed E-state index contributed by atoms with van der Waals surface area (Å²) in [5.74, 6) is 0.700. The first-order chi connectivity index (χ1) is 12.1. The number of carbonyl (C=O) groups excluding carboxylic acids is 1. The Morgan fingerprint density at radius 2 is 2.08 bits per heavy atom. The predicted molar refractivity (Wildman–Crippen MR) is 94.8 cm³/mol. The van der Waals surface area contributed by atoms with Gasteiger partial charge in [-0.25, -0.2) is 9.38 Å². The molecule has 25 heavy (non-hydrogen) atoms. The second-order valence-electron chi connectivity index (χ2n) is 5.00. The van der Waals surface area contributed by atoms with Gasteiger partial charge in [0.25, 0.3) is 0 Å². The van der Waals surface area contributed by atoms with Crippen molar-refractivity contribution in [3.63, 3.8) is 0 Å². The molecule has 3 heterocycles. The molecule has 0 fully saturated rings. The highest BCUT2D eigenvalue weighted by molar-refractivity contribution is 8.20. The summed E-state index contributed by atoms with van der Waals surface area (Å²) in [6, 6.07) is 5.36. The predicted octanol–water partition coefficient (Wildman–Crippen LogP) is 3.29. The number of thioether (sulfide) groups is 1. The standard InChI is InChI=1S/C14H9N3O5S3/c18-13-11(7-1-2-8-9(5-7)22-4-3-21-8)12(16-25-13)24-14-15-6-10(23-14)17(19)20/h1-2,5-6,11H,3-4H2. The van der Waals surface area contributed by atoms with Crippen LogP contribution in [0.1, 0.15) is 11.5 Å². The summed E-state index contributed by atoms with van der Waals surface area (Å²) < 4.78 is 15.7. The van der Waals surface area contributed by atoms with Crippen LogP contribution in [0, 0.1) is 10.1 Å². The number of fused-ring (bicyclic) bond motifs is 1. The number of carbonyl (C=O) groups is 1. The Kier molecular flexibility index (Phi) is 4.36. The van der Waals surface area contributed by atoms with Gasteiger partial charge in [-0.15, -0.1) is 0 Å². The lowest BCUT2D eigenvalue weighted by atomic mass is 10.0. The van der Waals surface area contributed by atoms with Gasteiger partial charge in [-0.1, -0.05) is 6.07 Å². The molecule has 1 aromatic heterocycles.